The molecule has 2 aliphatic rings. The zero-order valence-corrected chi connectivity index (χ0v) is 14.5. The van der Waals surface area contributed by atoms with Gasteiger partial charge in [-0.1, -0.05) is 62.8 Å². The van der Waals surface area contributed by atoms with Gasteiger partial charge in [0, 0.05) is 24.4 Å². The summed E-state index contributed by atoms with van der Waals surface area (Å²) in [5.74, 6) is 0.827. The minimum Gasteiger partial charge on any atom is -0.314 e. The molecule has 0 amide bonds. The van der Waals surface area contributed by atoms with Crippen molar-refractivity contribution in [1.82, 2.24) is 4.57 Å². The number of nitrogens with zero attached hydrogens (tertiary/aromatic N) is 1. The molecule has 1 aliphatic carbocycles. The molecule has 0 radical (unpaired) electrons. The summed E-state index contributed by atoms with van der Waals surface area (Å²) >= 11 is 0. The number of ketones is 1. The Bertz CT molecular complexity index is 508. The summed E-state index contributed by atoms with van der Waals surface area (Å²) in [7, 11) is -1.46. The van der Waals surface area contributed by atoms with Gasteiger partial charge in [0.2, 0.25) is 0 Å². The molecule has 0 bridgehead atoms. The van der Waals surface area contributed by atoms with E-state index in [9.17, 15) is 4.79 Å². The van der Waals surface area contributed by atoms with E-state index >= 15 is 0 Å². The number of fused-ring (bicyclic) bond motifs is 1. The first kappa shape index (κ1) is 15.0. The highest BCUT2D eigenvalue weighted by atomic mass is 28.3. The predicted molar refractivity (Wildman–Crippen MR) is 89.7 cm³/mol. The van der Waals surface area contributed by atoms with Crippen LogP contribution in [0.15, 0.2) is 30.3 Å². The lowest BCUT2D eigenvalue weighted by Crippen LogP contribution is -2.61. The molecular weight excluding hydrogens is 274 g/mol. The summed E-state index contributed by atoms with van der Waals surface area (Å²) in [6.07, 6.45) is 5.57. The molecule has 1 heterocycles. The number of piperidine rings is 1. The highest BCUT2D eigenvalue weighted by Gasteiger charge is 2.47. The third-order valence-corrected chi connectivity index (χ3v) is 7.38. The Kier molecular flexibility index (Phi) is 4.06. The van der Waals surface area contributed by atoms with Crippen LogP contribution in [0, 0.1) is 5.92 Å². The van der Waals surface area contributed by atoms with Gasteiger partial charge < -0.3 is 4.57 Å². The molecule has 0 N–H and O–H groups in total. The second-order valence-corrected chi connectivity index (χ2v) is 12.5. The lowest BCUT2D eigenvalue weighted by molar-refractivity contribution is -0.131. The van der Waals surface area contributed by atoms with Crippen molar-refractivity contribution in [2.24, 2.45) is 5.92 Å². The molecule has 1 saturated heterocycles. The van der Waals surface area contributed by atoms with Gasteiger partial charge in [0.05, 0.1) is 0 Å². The van der Waals surface area contributed by atoms with Crippen LogP contribution in [0.25, 0.3) is 0 Å². The van der Waals surface area contributed by atoms with Crippen LogP contribution in [0.3, 0.4) is 0 Å². The number of carbonyl (C=O) groups is 1. The Hall–Kier alpha value is -0.933. The molecule has 0 aromatic heterocycles. The van der Waals surface area contributed by atoms with Crippen LogP contribution in [0.5, 0.6) is 0 Å². The van der Waals surface area contributed by atoms with E-state index in [-0.39, 0.29) is 0 Å². The highest BCUT2D eigenvalue weighted by Crippen LogP contribution is 2.44. The maximum atomic E-state index is 12.7. The van der Waals surface area contributed by atoms with Crippen LogP contribution in [0.1, 0.15) is 43.7 Å². The van der Waals surface area contributed by atoms with Gasteiger partial charge in [-0.15, -0.1) is 0 Å². The fourth-order valence-electron chi connectivity index (χ4n) is 4.41. The van der Waals surface area contributed by atoms with Gasteiger partial charge in [-0.25, -0.2) is 0 Å². The molecule has 1 aromatic rings. The summed E-state index contributed by atoms with van der Waals surface area (Å²) in [5.41, 5.74) is 1.33. The SMILES string of the molecule is C[Si](C)(C)N1[C@H](c2ccccc2)CC(=O)[C@@H]2CCCC[C@@H]21. The maximum absolute atomic E-state index is 12.7. The third-order valence-electron chi connectivity index (χ3n) is 5.19. The van der Waals surface area contributed by atoms with Gasteiger partial charge in [-0.2, -0.15) is 0 Å². The Labute approximate surface area is 129 Å². The largest absolute Gasteiger partial charge is 0.314 e. The van der Waals surface area contributed by atoms with Gasteiger partial charge >= 0.3 is 0 Å². The molecular formula is C18H27NOSi. The second-order valence-electron chi connectivity index (χ2n) is 7.63. The zero-order valence-electron chi connectivity index (χ0n) is 13.5. The lowest BCUT2D eigenvalue weighted by atomic mass is 9.76. The monoisotopic (exact) mass is 301 g/mol. The quantitative estimate of drug-likeness (QED) is 0.755. The fraction of sp³-hybridized carbons (Fsp3) is 0.611. The average molecular weight is 302 g/mol. The van der Waals surface area contributed by atoms with Gasteiger partial charge in [0.1, 0.15) is 14.0 Å². The van der Waals surface area contributed by atoms with Crippen LogP contribution < -0.4 is 0 Å². The van der Waals surface area contributed by atoms with E-state index in [4.69, 9.17) is 0 Å². The summed E-state index contributed by atoms with van der Waals surface area (Å²) < 4.78 is 2.79. The van der Waals surface area contributed by atoms with E-state index in [2.05, 4.69) is 54.5 Å². The number of carbonyl (C=O) groups excluding carboxylic acids is 1. The Morgan fingerprint density at radius 2 is 1.71 bits per heavy atom. The number of benzene rings is 1. The van der Waals surface area contributed by atoms with E-state index in [0.717, 1.165) is 12.8 Å². The normalized spacial score (nSPS) is 31.0. The summed E-state index contributed by atoms with van der Waals surface area (Å²) in [5, 5.41) is 0. The zero-order chi connectivity index (χ0) is 15.0. The third kappa shape index (κ3) is 2.86. The van der Waals surface area contributed by atoms with Crippen molar-refractivity contribution in [3.63, 3.8) is 0 Å². The Morgan fingerprint density at radius 1 is 1.05 bits per heavy atom. The van der Waals surface area contributed by atoms with Crippen LogP contribution in [-0.4, -0.2) is 24.6 Å². The molecule has 1 aliphatic heterocycles. The van der Waals surface area contributed by atoms with Crippen LogP contribution >= 0.6 is 0 Å². The molecule has 3 rings (SSSR count). The van der Waals surface area contributed by atoms with Gasteiger partial charge in [0.15, 0.2) is 0 Å². The van der Waals surface area contributed by atoms with Crippen molar-refractivity contribution in [1.29, 1.82) is 0 Å². The molecule has 0 unspecified atom stereocenters. The topological polar surface area (TPSA) is 20.3 Å². The highest BCUT2D eigenvalue weighted by molar-refractivity contribution is 6.73. The summed E-state index contributed by atoms with van der Waals surface area (Å²) in [6.45, 7) is 7.30. The van der Waals surface area contributed by atoms with E-state index in [1.807, 2.05) is 0 Å². The smallest absolute Gasteiger partial charge is 0.139 e. The number of Topliss-reactive ketones (excluding diaryl/α,β-unsaturated/α-hetero) is 1. The molecule has 1 saturated carbocycles. The van der Waals surface area contributed by atoms with Crippen molar-refractivity contribution >= 4 is 14.0 Å². The van der Waals surface area contributed by atoms with E-state index in [0.29, 0.717) is 23.8 Å². The van der Waals surface area contributed by atoms with Crippen molar-refractivity contribution in [2.75, 3.05) is 0 Å². The van der Waals surface area contributed by atoms with Crippen molar-refractivity contribution in [3.05, 3.63) is 35.9 Å². The van der Waals surface area contributed by atoms with Crippen molar-refractivity contribution in [3.8, 4) is 0 Å². The first-order valence-corrected chi connectivity index (χ1v) is 11.8. The summed E-state index contributed by atoms with van der Waals surface area (Å²) in [4.78, 5) is 12.7. The molecule has 3 atom stereocenters. The number of hydrogen-bond donors (Lipinski definition) is 0. The van der Waals surface area contributed by atoms with Crippen LogP contribution in [-0.2, 0) is 4.79 Å². The standard InChI is InChI=1S/C18H27NOSi/c1-21(2,3)19-16-12-8-7-11-15(16)18(20)13-17(19)14-9-5-4-6-10-14/h4-6,9-10,15-17H,7-8,11-13H2,1-3H3/t15-,16+,17+/m1/s1. The van der Waals surface area contributed by atoms with Gasteiger partial charge in [0.25, 0.3) is 0 Å². The minimum atomic E-state index is -1.46. The maximum Gasteiger partial charge on any atom is 0.139 e. The van der Waals surface area contributed by atoms with Crippen LogP contribution in [0.2, 0.25) is 19.6 Å². The molecule has 1 aromatic carbocycles. The lowest BCUT2D eigenvalue weighted by Gasteiger charge is -2.53. The number of rotatable bonds is 2. The molecule has 0 spiro atoms. The van der Waals surface area contributed by atoms with Gasteiger partial charge in [-0.3, -0.25) is 4.79 Å². The van der Waals surface area contributed by atoms with Crippen molar-refractivity contribution < 1.29 is 4.79 Å². The van der Waals surface area contributed by atoms with E-state index in [1.54, 1.807) is 0 Å². The molecule has 21 heavy (non-hydrogen) atoms. The fourth-order valence-corrected chi connectivity index (χ4v) is 6.89. The molecule has 114 valence electrons. The Balaban J connectivity index is 2.00. The summed E-state index contributed by atoms with van der Waals surface area (Å²) in [6, 6.07) is 11.5. The second kappa shape index (κ2) is 5.69. The molecule has 2 fully saturated rings. The first-order chi connectivity index (χ1) is 9.98. The molecule has 3 heteroatoms. The first-order valence-electron chi connectivity index (χ1n) is 8.34. The Morgan fingerprint density at radius 3 is 2.38 bits per heavy atom. The number of hydrogen-bond acceptors (Lipinski definition) is 2. The van der Waals surface area contributed by atoms with Crippen molar-refractivity contribution in [2.45, 2.75) is 63.8 Å². The van der Waals surface area contributed by atoms with E-state index < -0.39 is 8.24 Å². The van der Waals surface area contributed by atoms with Gasteiger partial charge in [-0.05, 0) is 18.4 Å². The van der Waals surface area contributed by atoms with E-state index in [1.165, 1.54) is 24.8 Å². The predicted octanol–water partition coefficient (Wildman–Crippen LogP) is 4.40. The van der Waals surface area contributed by atoms with Crippen LogP contribution in [0.4, 0.5) is 0 Å². The minimum absolute atomic E-state index is 0.310. The average Bonchev–Trinajstić information content (AvgIpc) is 2.47. The molecule has 2 nitrogen and oxygen atoms in total.